The second-order valence-corrected chi connectivity index (χ2v) is 7.03. The third-order valence-corrected chi connectivity index (χ3v) is 5.92. The number of carbonyl (C=O) groups excluding carboxylic acids is 1. The molecule has 3 aliphatic rings. The molecule has 5 rings (SSSR count). The Morgan fingerprint density at radius 1 is 1.11 bits per heavy atom. The second-order valence-electron chi connectivity index (χ2n) is 7.03. The maximum atomic E-state index is 13.7. The lowest BCUT2D eigenvalue weighted by Gasteiger charge is -2.33. The Kier molecular flexibility index (Phi) is 3.79. The van der Waals surface area contributed by atoms with E-state index in [1.54, 1.807) is 33.5 Å². The van der Waals surface area contributed by atoms with Crippen LogP contribution in [0.4, 0.5) is 0 Å². The number of ketones is 1. The van der Waals surface area contributed by atoms with Crippen molar-refractivity contribution in [2.45, 2.75) is 18.1 Å². The third-order valence-electron chi connectivity index (χ3n) is 5.92. The molecule has 0 spiro atoms. The predicted octanol–water partition coefficient (Wildman–Crippen LogP) is 2.36. The van der Waals surface area contributed by atoms with E-state index in [-0.39, 0.29) is 12.6 Å². The minimum atomic E-state index is -1.21. The van der Waals surface area contributed by atoms with E-state index < -0.39 is 11.6 Å². The van der Waals surface area contributed by atoms with Gasteiger partial charge in [-0.1, -0.05) is 0 Å². The van der Waals surface area contributed by atoms with E-state index in [0.717, 1.165) is 23.1 Å². The summed E-state index contributed by atoms with van der Waals surface area (Å²) < 4.78 is 28.3. The zero-order chi connectivity index (χ0) is 19.5. The fraction of sp³-hybridized carbons (Fsp3) is 0.381. The van der Waals surface area contributed by atoms with Gasteiger partial charge in [0, 0.05) is 23.8 Å². The molecule has 0 radical (unpaired) electrons. The monoisotopic (exact) mass is 383 g/mol. The summed E-state index contributed by atoms with van der Waals surface area (Å²) in [7, 11) is 4.74. The van der Waals surface area contributed by atoms with Crippen molar-refractivity contribution in [3.05, 3.63) is 46.5 Å². The van der Waals surface area contributed by atoms with Crippen molar-refractivity contribution in [2.24, 2.45) is 0 Å². The molecule has 1 N–H and O–H groups in total. The van der Waals surface area contributed by atoms with Crippen molar-refractivity contribution in [2.75, 3.05) is 34.7 Å². The van der Waals surface area contributed by atoms with Crippen LogP contribution in [-0.4, -0.2) is 40.5 Å². The van der Waals surface area contributed by atoms with Gasteiger partial charge < -0.3 is 29.0 Å². The topological polar surface area (TPSA) is 75.2 Å². The van der Waals surface area contributed by atoms with Crippen molar-refractivity contribution in [3.63, 3.8) is 0 Å². The van der Waals surface area contributed by atoms with Gasteiger partial charge in [-0.15, -0.1) is 0 Å². The number of carbonyl (C=O) groups is 1. The van der Waals surface area contributed by atoms with Crippen LogP contribution in [0.15, 0.2) is 24.3 Å². The molecule has 28 heavy (non-hydrogen) atoms. The molecule has 2 aliphatic heterocycles. The largest absolute Gasteiger partial charge is 0.493 e. The molecule has 0 saturated carbocycles. The third kappa shape index (κ3) is 2.03. The molecule has 146 valence electrons. The molecule has 0 aromatic heterocycles. The molecule has 0 fully saturated rings. The quantitative estimate of drug-likeness (QED) is 0.872. The molecular weight excluding hydrogens is 362 g/mol. The summed E-state index contributed by atoms with van der Waals surface area (Å²) in [5.74, 6) is 2.35. The van der Waals surface area contributed by atoms with Crippen LogP contribution in [0.1, 0.15) is 33.1 Å². The minimum absolute atomic E-state index is 0.106. The molecule has 7 heteroatoms. The summed E-state index contributed by atoms with van der Waals surface area (Å²) in [5, 5.41) is 3.51. The standard InChI is InChI=1S/C21H21NO6/c1-24-14-5-4-12-17(18(14)25-2)19-21(26-3,20(12)23)13-9-16-15(27-10-28-16)8-11(13)6-7-22-19/h4-5,8-9,19,22H,6-7,10H2,1-3H3/t19-,21-/m1/s1. The zero-order valence-electron chi connectivity index (χ0n) is 16.0. The molecular formula is C21H21NO6. The van der Waals surface area contributed by atoms with Crippen LogP contribution in [0.25, 0.3) is 0 Å². The van der Waals surface area contributed by atoms with Crippen molar-refractivity contribution >= 4 is 5.78 Å². The first-order valence-electron chi connectivity index (χ1n) is 9.17. The van der Waals surface area contributed by atoms with Crippen molar-refractivity contribution < 1.29 is 28.5 Å². The van der Waals surface area contributed by atoms with Crippen LogP contribution in [0.2, 0.25) is 0 Å². The number of hydrogen-bond donors (Lipinski definition) is 1. The second kappa shape index (κ2) is 6.12. The van der Waals surface area contributed by atoms with E-state index in [1.165, 1.54) is 0 Å². The predicted molar refractivity (Wildman–Crippen MR) is 99.6 cm³/mol. The van der Waals surface area contributed by atoms with Gasteiger partial charge in [0.25, 0.3) is 0 Å². The number of ether oxygens (including phenoxy) is 5. The molecule has 2 heterocycles. The van der Waals surface area contributed by atoms with E-state index in [4.69, 9.17) is 23.7 Å². The maximum Gasteiger partial charge on any atom is 0.231 e. The lowest BCUT2D eigenvalue weighted by Crippen LogP contribution is -2.43. The van der Waals surface area contributed by atoms with Gasteiger partial charge in [0.05, 0.1) is 20.3 Å². The molecule has 1 aliphatic carbocycles. The fourth-order valence-corrected chi connectivity index (χ4v) is 4.70. The summed E-state index contributed by atoms with van der Waals surface area (Å²) in [6, 6.07) is 6.96. The first kappa shape index (κ1) is 17.3. The molecule has 0 saturated heterocycles. The van der Waals surface area contributed by atoms with E-state index in [1.807, 2.05) is 12.1 Å². The average molecular weight is 383 g/mol. The Bertz CT molecular complexity index is 987. The van der Waals surface area contributed by atoms with Crippen molar-refractivity contribution in [3.8, 4) is 23.0 Å². The molecule has 0 unspecified atom stereocenters. The number of fused-ring (bicyclic) bond motifs is 6. The van der Waals surface area contributed by atoms with Crippen LogP contribution in [0.3, 0.4) is 0 Å². The number of benzene rings is 2. The molecule has 0 amide bonds. The molecule has 2 atom stereocenters. The number of nitrogens with one attached hydrogen (secondary N) is 1. The highest BCUT2D eigenvalue weighted by Gasteiger charge is 2.58. The normalized spacial score (nSPS) is 24.2. The minimum Gasteiger partial charge on any atom is -0.493 e. The zero-order valence-corrected chi connectivity index (χ0v) is 16.0. The van der Waals surface area contributed by atoms with Gasteiger partial charge >= 0.3 is 0 Å². The Balaban J connectivity index is 1.79. The van der Waals surface area contributed by atoms with Crippen LogP contribution >= 0.6 is 0 Å². The van der Waals surface area contributed by atoms with Crippen LogP contribution in [-0.2, 0) is 16.8 Å². The first-order valence-corrected chi connectivity index (χ1v) is 9.17. The van der Waals surface area contributed by atoms with Crippen molar-refractivity contribution in [1.82, 2.24) is 5.32 Å². The van der Waals surface area contributed by atoms with E-state index >= 15 is 0 Å². The van der Waals surface area contributed by atoms with Gasteiger partial charge in [0.15, 0.2) is 28.6 Å². The Labute approximate surface area is 162 Å². The first-order chi connectivity index (χ1) is 13.7. The smallest absolute Gasteiger partial charge is 0.231 e. The van der Waals surface area contributed by atoms with Gasteiger partial charge in [-0.3, -0.25) is 4.79 Å². The van der Waals surface area contributed by atoms with Gasteiger partial charge in [-0.2, -0.15) is 0 Å². The number of hydrogen-bond acceptors (Lipinski definition) is 7. The summed E-state index contributed by atoms with van der Waals surface area (Å²) in [6.07, 6.45) is 0.739. The van der Waals surface area contributed by atoms with Gasteiger partial charge in [-0.05, 0) is 42.8 Å². The van der Waals surface area contributed by atoms with Gasteiger partial charge in [0.2, 0.25) is 12.6 Å². The lowest BCUT2D eigenvalue weighted by atomic mass is 9.83. The Morgan fingerprint density at radius 3 is 2.61 bits per heavy atom. The van der Waals surface area contributed by atoms with Gasteiger partial charge in [0.1, 0.15) is 0 Å². The van der Waals surface area contributed by atoms with Crippen molar-refractivity contribution in [1.29, 1.82) is 0 Å². The van der Waals surface area contributed by atoms with Crippen LogP contribution < -0.4 is 24.3 Å². The highest BCUT2D eigenvalue weighted by Crippen LogP contribution is 2.56. The SMILES string of the molecule is COc1ccc2c(c1OC)[C@H]1NCCc3cc4c(cc3[C@]1(OC)C2=O)OCO4. The fourth-order valence-electron chi connectivity index (χ4n) is 4.70. The summed E-state index contributed by atoms with van der Waals surface area (Å²) in [5.41, 5.74) is 1.93. The van der Waals surface area contributed by atoms with E-state index in [0.29, 0.717) is 35.1 Å². The highest BCUT2D eigenvalue weighted by molar-refractivity contribution is 6.09. The summed E-state index contributed by atoms with van der Waals surface area (Å²) in [6.45, 7) is 0.856. The maximum absolute atomic E-state index is 13.7. The van der Waals surface area contributed by atoms with Crippen LogP contribution in [0, 0.1) is 0 Å². The number of rotatable bonds is 3. The van der Waals surface area contributed by atoms with E-state index in [9.17, 15) is 4.79 Å². The molecule has 7 nitrogen and oxygen atoms in total. The van der Waals surface area contributed by atoms with E-state index in [2.05, 4.69) is 5.32 Å². The van der Waals surface area contributed by atoms with Gasteiger partial charge in [-0.25, -0.2) is 0 Å². The summed E-state index contributed by atoms with van der Waals surface area (Å²) in [4.78, 5) is 13.7. The summed E-state index contributed by atoms with van der Waals surface area (Å²) >= 11 is 0. The molecule has 2 aromatic carbocycles. The van der Waals surface area contributed by atoms with Crippen LogP contribution in [0.5, 0.6) is 23.0 Å². The lowest BCUT2D eigenvalue weighted by molar-refractivity contribution is -0.0179. The Hall–Kier alpha value is -2.77. The molecule has 2 aromatic rings. The highest BCUT2D eigenvalue weighted by atomic mass is 16.7. The molecule has 0 bridgehead atoms. The average Bonchev–Trinajstić information content (AvgIpc) is 3.22. The number of methoxy groups -OCH3 is 3. The number of Topliss-reactive ketones (excluding diaryl/α,β-unsaturated/α-hetero) is 1. The Morgan fingerprint density at radius 2 is 1.89 bits per heavy atom.